The van der Waals surface area contributed by atoms with Crippen molar-refractivity contribution < 1.29 is 33.2 Å². The molecule has 1 atom stereocenters. The highest BCUT2D eigenvalue weighted by molar-refractivity contribution is 6.32. The van der Waals surface area contributed by atoms with Gasteiger partial charge in [-0.2, -0.15) is 5.26 Å². The predicted molar refractivity (Wildman–Crippen MR) is 174 cm³/mol. The van der Waals surface area contributed by atoms with E-state index in [0.717, 1.165) is 30.6 Å². The molecule has 0 amide bonds. The van der Waals surface area contributed by atoms with Crippen molar-refractivity contribution in [3.63, 3.8) is 0 Å². The molecule has 1 aliphatic rings. The Bertz CT molecular complexity index is 1730. The number of β-amino-alcohol motifs (C(OH)–C–C–N with tert-alkyl or cyclic N) is 1. The van der Waals surface area contributed by atoms with Gasteiger partial charge in [0, 0.05) is 49.2 Å². The average molecular weight is 664 g/mol. The molecule has 0 bridgehead atoms. The van der Waals surface area contributed by atoms with Gasteiger partial charge in [0.05, 0.1) is 35.5 Å². The lowest BCUT2D eigenvalue weighted by molar-refractivity contribution is 0.144. The number of aliphatic hydroxyl groups is 2. The first-order valence-corrected chi connectivity index (χ1v) is 15.7. The molecular weight excluding hydrogens is 628 g/mol. The van der Waals surface area contributed by atoms with Crippen molar-refractivity contribution in [2.24, 2.45) is 0 Å². The van der Waals surface area contributed by atoms with Crippen LogP contribution in [0.25, 0.3) is 11.1 Å². The molecule has 47 heavy (non-hydrogen) atoms. The van der Waals surface area contributed by atoms with E-state index in [9.17, 15) is 19.0 Å². The fraction of sp³-hybridized carbons (Fsp3) is 0.333. The SMILES string of the molecule is Cc1c(COc2cc(OCc3cncc(C#N)c3)c(CO)cc2Cl)cccc1-c1cccc(OCCCN2CC[C@@H](O)C2)c1C(F)F. The number of pyridine rings is 1. The number of rotatable bonds is 14. The normalized spacial score (nSPS) is 14.7. The van der Waals surface area contributed by atoms with Gasteiger partial charge in [0.25, 0.3) is 6.43 Å². The second-order valence-corrected chi connectivity index (χ2v) is 11.8. The van der Waals surface area contributed by atoms with Crippen LogP contribution in [0.15, 0.2) is 67.0 Å². The largest absolute Gasteiger partial charge is 0.493 e. The fourth-order valence-electron chi connectivity index (χ4n) is 5.64. The molecule has 2 heterocycles. The summed E-state index contributed by atoms with van der Waals surface area (Å²) < 4.78 is 46.9. The monoisotopic (exact) mass is 663 g/mol. The highest BCUT2D eigenvalue weighted by atomic mass is 35.5. The molecule has 1 aromatic heterocycles. The number of alkyl halides is 2. The van der Waals surface area contributed by atoms with Crippen molar-refractivity contribution >= 4 is 11.6 Å². The highest BCUT2D eigenvalue weighted by Gasteiger charge is 2.23. The second-order valence-electron chi connectivity index (χ2n) is 11.4. The lowest BCUT2D eigenvalue weighted by Gasteiger charge is -2.19. The molecule has 11 heteroatoms. The second kappa shape index (κ2) is 16.0. The molecule has 0 unspecified atom stereocenters. The molecule has 4 aromatic rings. The van der Waals surface area contributed by atoms with Crippen LogP contribution < -0.4 is 14.2 Å². The molecule has 3 aromatic carbocycles. The van der Waals surface area contributed by atoms with Gasteiger partial charge >= 0.3 is 0 Å². The first-order chi connectivity index (χ1) is 22.8. The van der Waals surface area contributed by atoms with Gasteiger partial charge in [-0.05, 0) is 60.2 Å². The Balaban J connectivity index is 1.31. The van der Waals surface area contributed by atoms with Crippen LogP contribution in [0.2, 0.25) is 5.02 Å². The summed E-state index contributed by atoms with van der Waals surface area (Å²) >= 11 is 6.49. The van der Waals surface area contributed by atoms with E-state index in [1.54, 1.807) is 54.7 Å². The van der Waals surface area contributed by atoms with Crippen molar-refractivity contribution in [3.05, 3.63) is 105 Å². The van der Waals surface area contributed by atoms with Gasteiger partial charge in [0.1, 0.15) is 36.5 Å². The molecule has 0 spiro atoms. The molecular formula is C36H36ClF2N3O5. The molecule has 2 N–H and O–H groups in total. The summed E-state index contributed by atoms with van der Waals surface area (Å²) in [6.07, 6.45) is 1.39. The van der Waals surface area contributed by atoms with Crippen LogP contribution in [-0.4, -0.2) is 52.4 Å². The number of aromatic nitrogens is 1. The molecule has 1 fully saturated rings. The number of hydrogen-bond donors (Lipinski definition) is 2. The van der Waals surface area contributed by atoms with Gasteiger partial charge in [0.15, 0.2) is 0 Å². The van der Waals surface area contributed by atoms with E-state index in [0.29, 0.717) is 52.3 Å². The van der Waals surface area contributed by atoms with Crippen molar-refractivity contribution in [2.45, 2.75) is 52.1 Å². The third-order valence-electron chi connectivity index (χ3n) is 8.13. The summed E-state index contributed by atoms with van der Waals surface area (Å²) in [6.45, 7) is 4.21. The van der Waals surface area contributed by atoms with Crippen LogP contribution >= 0.6 is 11.6 Å². The zero-order valence-corrected chi connectivity index (χ0v) is 26.7. The van der Waals surface area contributed by atoms with Crippen molar-refractivity contribution in [1.29, 1.82) is 5.26 Å². The van der Waals surface area contributed by atoms with Crippen molar-refractivity contribution in [1.82, 2.24) is 9.88 Å². The van der Waals surface area contributed by atoms with Crippen molar-refractivity contribution in [3.8, 4) is 34.4 Å². The van der Waals surface area contributed by atoms with E-state index >= 15 is 0 Å². The molecule has 246 valence electrons. The number of ether oxygens (including phenoxy) is 3. The Labute approximate surface area is 277 Å². The molecule has 0 radical (unpaired) electrons. The minimum atomic E-state index is -2.75. The summed E-state index contributed by atoms with van der Waals surface area (Å²) in [5.74, 6) is 0.828. The minimum Gasteiger partial charge on any atom is -0.493 e. The van der Waals surface area contributed by atoms with E-state index in [4.69, 9.17) is 31.1 Å². The zero-order chi connectivity index (χ0) is 33.3. The lowest BCUT2D eigenvalue weighted by atomic mass is 9.93. The quantitative estimate of drug-likeness (QED) is 0.139. The number of aliphatic hydroxyl groups excluding tert-OH is 2. The summed E-state index contributed by atoms with van der Waals surface area (Å²) in [4.78, 5) is 6.18. The lowest BCUT2D eigenvalue weighted by Crippen LogP contribution is -2.24. The Kier molecular flexibility index (Phi) is 11.6. The third-order valence-corrected chi connectivity index (χ3v) is 8.43. The van der Waals surface area contributed by atoms with Gasteiger partial charge in [0.2, 0.25) is 0 Å². The van der Waals surface area contributed by atoms with Gasteiger partial charge in [-0.3, -0.25) is 4.98 Å². The molecule has 8 nitrogen and oxygen atoms in total. The van der Waals surface area contributed by atoms with E-state index in [1.807, 2.05) is 19.1 Å². The highest BCUT2D eigenvalue weighted by Crippen LogP contribution is 2.40. The number of hydrogen-bond acceptors (Lipinski definition) is 8. The first kappa shape index (κ1) is 34.1. The Hall–Kier alpha value is -4.27. The molecule has 0 saturated carbocycles. The number of halogens is 3. The standard InChI is InChI=1S/C36H36ClF2N3O5/c1-23-26(22-47-34-15-33(27(20-43)14-31(34)37)46-21-25-13-24(16-40)17-41-18-25)5-2-6-29(23)30-7-3-8-32(35(30)36(38)39)45-12-4-10-42-11-9-28(44)19-42/h2-3,5-8,13-15,17-18,28,36,43-44H,4,9-12,19-22H2,1H3/t28-/m1/s1. The van der Waals surface area contributed by atoms with Gasteiger partial charge in [-0.1, -0.05) is 41.9 Å². The third kappa shape index (κ3) is 8.56. The van der Waals surface area contributed by atoms with Gasteiger partial charge < -0.3 is 29.3 Å². The predicted octanol–water partition coefficient (Wildman–Crippen LogP) is 7.01. The van der Waals surface area contributed by atoms with E-state index in [2.05, 4.69) is 9.88 Å². The molecule has 5 rings (SSSR count). The molecule has 0 aliphatic carbocycles. The van der Waals surface area contributed by atoms with Crippen LogP contribution in [-0.2, 0) is 19.8 Å². The van der Waals surface area contributed by atoms with Crippen LogP contribution in [0.1, 0.15) is 52.6 Å². The maximum atomic E-state index is 14.5. The Morgan fingerprint density at radius 1 is 1.00 bits per heavy atom. The smallest absolute Gasteiger partial charge is 0.268 e. The van der Waals surface area contributed by atoms with E-state index < -0.39 is 6.43 Å². The van der Waals surface area contributed by atoms with Crippen LogP contribution in [0, 0.1) is 18.3 Å². The number of likely N-dealkylation sites (tertiary alicyclic amines) is 1. The molecule has 1 saturated heterocycles. The summed E-state index contributed by atoms with van der Waals surface area (Å²) in [6, 6.07) is 17.3. The number of nitriles is 1. The average Bonchev–Trinajstić information content (AvgIpc) is 3.50. The topological polar surface area (TPSA) is 108 Å². The number of benzene rings is 3. The summed E-state index contributed by atoms with van der Waals surface area (Å²) in [5.41, 5.74) is 3.94. The van der Waals surface area contributed by atoms with Crippen LogP contribution in [0.4, 0.5) is 8.78 Å². The maximum absolute atomic E-state index is 14.5. The Morgan fingerprint density at radius 3 is 2.53 bits per heavy atom. The van der Waals surface area contributed by atoms with Gasteiger partial charge in [-0.15, -0.1) is 0 Å². The van der Waals surface area contributed by atoms with E-state index in [-0.39, 0.29) is 48.9 Å². The Morgan fingerprint density at radius 2 is 1.79 bits per heavy atom. The van der Waals surface area contributed by atoms with Crippen molar-refractivity contribution in [2.75, 3.05) is 26.2 Å². The summed E-state index contributed by atoms with van der Waals surface area (Å²) in [5, 5.41) is 29.0. The van der Waals surface area contributed by atoms with E-state index in [1.165, 1.54) is 6.20 Å². The summed E-state index contributed by atoms with van der Waals surface area (Å²) in [7, 11) is 0. The maximum Gasteiger partial charge on any atom is 0.268 e. The zero-order valence-electron chi connectivity index (χ0n) is 26.0. The number of nitrogens with zero attached hydrogens (tertiary/aromatic N) is 3. The molecule has 1 aliphatic heterocycles. The van der Waals surface area contributed by atoms with Crippen LogP contribution in [0.3, 0.4) is 0 Å². The van der Waals surface area contributed by atoms with Gasteiger partial charge in [-0.25, -0.2) is 8.78 Å². The van der Waals surface area contributed by atoms with Crippen LogP contribution in [0.5, 0.6) is 17.2 Å². The first-order valence-electron chi connectivity index (χ1n) is 15.3. The fourth-order valence-corrected chi connectivity index (χ4v) is 5.88. The minimum absolute atomic E-state index is 0.0941.